The highest BCUT2D eigenvalue weighted by molar-refractivity contribution is 6.40. The fourth-order valence-electron chi connectivity index (χ4n) is 6.61. The lowest BCUT2D eigenvalue weighted by Crippen LogP contribution is -2.37. The number of benzene rings is 4. The predicted octanol–water partition coefficient (Wildman–Crippen LogP) is 10.5. The minimum Gasteiger partial charge on any atom is -0.461 e. The van der Waals surface area contributed by atoms with Gasteiger partial charge in [-0.2, -0.15) is 0 Å². The van der Waals surface area contributed by atoms with Crippen molar-refractivity contribution in [2.75, 3.05) is 29.1 Å². The zero-order chi connectivity index (χ0) is 49.5. The number of nitrogens with one attached hydrogen (secondary N) is 3. The number of pyridine rings is 2. The molecule has 0 spiro atoms. The number of nitrogens with two attached hydrogens (primary N) is 1. The van der Waals surface area contributed by atoms with Crippen molar-refractivity contribution in [2.45, 2.75) is 91.0 Å². The molecule has 2 heterocycles. The molecule has 4 aromatic carbocycles. The lowest BCUT2D eigenvalue weighted by atomic mass is 9.96. The average Bonchev–Trinajstić information content (AvgIpc) is 3.31. The molecule has 16 heteroatoms. The standard InChI is InChI=1S/C28H33N3O5.C23H25N3O3.CH2Cl2/c1-5-6-25(32)35-18-19-7-9-20(10-8-19)24(17-30-27(34)36-28(2,3)4)26(33)31-23-12-11-22-16-29-14-13-21(22)15-23;1-2-3-22(27)29-15-16-4-6-17(7-5-16)21(13-24)23(28)26-20-9-8-19-14-25-11-10-18(19)12-20;2-1-3/h7-16,24H,5-6,17-18H2,1-4H3,(H,30,34)(H,31,33);4-12,14,21H,2-3,13,15,24H2,1H3,(H,26,28);1H2. The lowest BCUT2D eigenvalue weighted by Gasteiger charge is -2.22. The van der Waals surface area contributed by atoms with Crippen molar-refractivity contribution in [2.24, 2.45) is 5.73 Å². The van der Waals surface area contributed by atoms with Crippen LogP contribution in [0.25, 0.3) is 21.5 Å². The molecule has 0 fully saturated rings. The predicted molar refractivity (Wildman–Crippen MR) is 268 cm³/mol. The minimum atomic E-state index is -0.678. The summed E-state index contributed by atoms with van der Waals surface area (Å²) < 4.78 is 15.8. The summed E-state index contributed by atoms with van der Waals surface area (Å²) >= 11 is 9.53. The Kier molecular flexibility index (Phi) is 22.1. The number of hydrogen-bond donors (Lipinski definition) is 4. The Bertz CT molecular complexity index is 2570. The van der Waals surface area contributed by atoms with Gasteiger partial charge in [0.25, 0.3) is 0 Å². The number of aromatic nitrogens is 2. The van der Waals surface area contributed by atoms with Crippen LogP contribution < -0.4 is 21.7 Å². The summed E-state index contributed by atoms with van der Waals surface area (Å²) in [7, 11) is 0. The van der Waals surface area contributed by atoms with Crippen LogP contribution in [0.2, 0.25) is 0 Å². The van der Waals surface area contributed by atoms with E-state index < -0.39 is 23.5 Å². The third kappa shape index (κ3) is 18.2. The van der Waals surface area contributed by atoms with Crippen molar-refractivity contribution >= 4 is 86.0 Å². The molecule has 2 atom stereocenters. The summed E-state index contributed by atoms with van der Waals surface area (Å²) in [5.41, 5.74) is 9.79. The van der Waals surface area contributed by atoms with E-state index >= 15 is 0 Å². The number of ether oxygens (including phenoxy) is 3. The van der Waals surface area contributed by atoms with Crippen LogP contribution in [0.5, 0.6) is 0 Å². The molecular formula is C52H60Cl2N6O8. The number of fused-ring (bicyclic) bond motifs is 2. The van der Waals surface area contributed by atoms with Gasteiger partial charge in [-0.3, -0.25) is 29.1 Å². The number of alkyl halides is 2. The number of esters is 2. The molecule has 0 saturated carbocycles. The van der Waals surface area contributed by atoms with Crippen molar-refractivity contribution in [1.82, 2.24) is 15.3 Å². The fourth-order valence-corrected chi connectivity index (χ4v) is 6.61. The molecule has 3 amide bonds. The van der Waals surface area contributed by atoms with E-state index in [1.165, 1.54) is 0 Å². The molecule has 0 radical (unpaired) electrons. The maximum Gasteiger partial charge on any atom is 0.407 e. The molecule has 68 heavy (non-hydrogen) atoms. The molecule has 0 saturated heterocycles. The number of carbonyl (C=O) groups excluding carboxylic acids is 5. The Morgan fingerprint density at radius 3 is 1.46 bits per heavy atom. The Morgan fingerprint density at radius 1 is 0.618 bits per heavy atom. The van der Waals surface area contributed by atoms with Gasteiger partial charge in [0.05, 0.1) is 17.2 Å². The maximum absolute atomic E-state index is 13.3. The number of anilines is 2. The average molecular weight is 968 g/mol. The summed E-state index contributed by atoms with van der Waals surface area (Å²) in [6.45, 7) is 9.80. The SMILES string of the molecule is CCCC(=O)OCc1ccc(C(CN)C(=O)Nc2ccc3cnccc3c2)cc1.CCCC(=O)OCc1ccc(C(CNC(=O)OC(C)(C)C)C(=O)Nc2ccc3cnccc3c2)cc1.ClCCl. The molecule has 0 aliphatic carbocycles. The van der Waals surface area contributed by atoms with Gasteiger partial charge in [0.15, 0.2) is 0 Å². The van der Waals surface area contributed by atoms with Crippen molar-refractivity contribution in [1.29, 1.82) is 0 Å². The van der Waals surface area contributed by atoms with Gasteiger partial charge in [0.2, 0.25) is 11.8 Å². The smallest absolute Gasteiger partial charge is 0.407 e. The summed E-state index contributed by atoms with van der Waals surface area (Å²) in [5.74, 6) is -2.04. The van der Waals surface area contributed by atoms with Gasteiger partial charge in [-0.15, -0.1) is 23.2 Å². The first-order chi connectivity index (χ1) is 32.7. The van der Waals surface area contributed by atoms with Gasteiger partial charge < -0.3 is 35.9 Å². The summed E-state index contributed by atoms with van der Waals surface area (Å²) in [4.78, 5) is 69.7. The normalized spacial score (nSPS) is 11.6. The molecule has 360 valence electrons. The molecule has 0 bridgehead atoms. The number of amides is 3. The fraction of sp³-hybridized carbons (Fsp3) is 0.327. The highest BCUT2D eigenvalue weighted by atomic mass is 35.5. The summed E-state index contributed by atoms with van der Waals surface area (Å²) in [6, 6.07) is 29.7. The zero-order valence-electron chi connectivity index (χ0n) is 39.1. The van der Waals surface area contributed by atoms with Crippen LogP contribution in [0.1, 0.15) is 94.4 Å². The second-order valence-electron chi connectivity index (χ2n) is 16.5. The molecule has 6 aromatic rings. The van der Waals surface area contributed by atoms with Gasteiger partial charge in [0, 0.05) is 72.9 Å². The maximum atomic E-state index is 13.3. The second-order valence-corrected chi connectivity index (χ2v) is 17.3. The molecule has 2 unspecified atom stereocenters. The van der Waals surface area contributed by atoms with Gasteiger partial charge in [-0.05, 0) is 103 Å². The van der Waals surface area contributed by atoms with Crippen LogP contribution in [-0.4, -0.2) is 63.8 Å². The van der Waals surface area contributed by atoms with Crippen LogP contribution in [0.4, 0.5) is 16.2 Å². The number of carbonyl (C=O) groups is 5. The van der Waals surface area contributed by atoms with E-state index in [0.717, 1.165) is 51.1 Å². The summed E-state index contributed by atoms with van der Waals surface area (Å²) in [5, 5.41) is 12.7. The monoisotopic (exact) mass is 966 g/mol. The molecule has 0 aliphatic heterocycles. The number of alkyl carbamates (subject to hydrolysis) is 1. The van der Waals surface area contributed by atoms with E-state index in [0.29, 0.717) is 29.8 Å². The highest BCUT2D eigenvalue weighted by Crippen LogP contribution is 2.24. The van der Waals surface area contributed by atoms with Crippen LogP contribution in [0, 0.1) is 0 Å². The number of halogens is 2. The largest absolute Gasteiger partial charge is 0.461 e. The van der Waals surface area contributed by atoms with Crippen LogP contribution in [0.15, 0.2) is 122 Å². The molecule has 0 aliphatic rings. The number of hydrogen-bond acceptors (Lipinski definition) is 11. The van der Waals surface area contributed by atoms with E-state index in [9.17, 15) is 24.0 Å². The minimum absolute atomic E-state index is 0.0447. The Balaban J connectivity index is 0.000000286. The first-order valence-electron chi connectivity index (χ1n) is 22.2. The third-order valence-corrected chi connectivity index (χ3v) is 10.0. The molecule has 5 N–H and O–H groups in total. The first-order valence-corrected chi connectivity index (χ1v) is 23.3. The molecule has 6 rings (SSSR count). The highest BCUT2D eigenvalue weighted by Gasteiger charge is 2.24. The van der Waals surface area contributed by atoms with Crippen LogP contribution in [0.3, 0.4) is 0 Å². The summed E-state index contributed by atoms with van der Waals surface area (Å²) in [6.07, 6.45) is 8.64. The topological polar surface area (TPSA) is 201 Å². The van der Waals surface area contributed by atoms with Gasteiger partial charge >= 0.3 is 18.0 Å². The molecule has 2 aromatic heterocycles. The van der Waals surface area contributed by atoms with E-state index in [4.69, 9.17) is 43.1 Å². The first kappa shape index (κ1) is 54.0. The van der Waals surface area contributed by atoms with Gasteiger partial charge in [0.1, 0.15) is 18.8 Å². The van der Waals surface area contributed by atoms with Crippen LogP contribution in [-0.2, 0) is 46.6 Å². The quantitative estimate of drug-likeness (QED) is 0.0385. The Morgan fingerprint density at radius 2 is 1.04 bits per heavy atom. The lowest BCUT2D eigenvalue weighted by molar-refractivity contribution is -0.145. The van der Waals surface area contributed by atoms with E-state index in [1.807, 2.05) is 98.8 Å². The molecule has 14 nitrogen and oxygen atoms in total. The van der Waals surface area contributed by atoms with Crippen molar-refractivity contribution in [3.63, 3.8) is 0 Å². The van der Waals surface area contributed by atoms with Crippen LogP contribution >= 0.6 is 23.2 Å². The number of nitrogens with zero attached hydrogens (tertiary/aromatic N) is 2. The number of rotatable bonds is 17. The van der Waals surface area contributed by atoms with Gasteiger partial charge in [-0.25, -0.2) is 4.79 Å². The molecular weight excluding hydrogens is 908 g/mol. The Labute approximate surface area is 407 Å². The second kappa shape index (κ2) is 27.9. The van der Waals surface area contributed by atoms with Crippen molar-refractivity contribution in [3.05, 3.63) is 144 Å². The van der Waals surface area contributed by atoms with E-state index in [-0.39, 0.29) is 55.4 Å². The third-order valence-electron chi connectivity index (χ3n) is 10.0. The zero-order valence-corrected chi connectivity index (χ0v) is 40.6. The van der Waals surface area contributed by atoms with E-state index in [2.05, 4.69) is 25.9 Å². The van der Waals surface area contributed by atoms with Crippen molar-refractivity contribution < 1.29 is 38.2 Å². The van der Waals surface area contributed by atoms with E-state index in [1.54, 1.807) is 57.7 Å². The van der Waals surface area contributed by atoms with Gasteiger partial charge in [-0.1, -0.05) is 74.5 Å². The Hall–Kier alpha value is -6.61. The van der Waals surface area contributed by atoms with Crippen molar-refractivity contribution in [3.8, 4) is 0 Å².